The molecule has 0 amide bonds. The van der Waals surface area contributed by atoms with E-state index in [1.54, 1.807) is 0 Å². The van der Waals surface area contributed by atoms with Crippen molar-refractivity contribution in [1.82, 2.24) is 0 Å². The molecule has 0 saturated carbocycles. The molecule has 2 nitrogen and oxygen atoms in total. The highest BCUT2D eigenvalue weighted by atomic mass is 16.5. The molecule has 0 aliphatic carbocycles. The maximum atomic E-state index is 5.54. The third kappa shape index (κ3) is 2.48. The van der Waals surface area contributed by atoms with Gasteiger partial charge in [-0.1, -0.05) is 17.7 Å². The second-order valence-corrected chi connectivity index (χ2v) is 3.88. The maximum absolute atomic E-state index is 5.54. The van der Waals surface area contributed by atoms with E-state index in [2.05, 4.69) is 36.5 Å². The van der Waals surface area contributed by atoms with Gasteiger partial charge in [-0.05, 0) is 31.9 Å². The lowest BCUT2D eigenvalue weighted by atomic mass is 10.2. The molecule has 1 N–H and O–H groups in total. The third-order valence-corrected chi connectivity index (χ3v) is 2.61. The van der Waals surface area contributed by atoms with Crippen LogP contribution in [0, 0.1) is 6.92 Å². The number of ether oxygens (including phenoxy) is 1. The van der Waals surface area contributed by atoms with E-state index >= 15 is 0 Å². The Labute approximate surface area is 85.3 Å². The van der Waals surface area contributed by atoms with E-state index in [0.29, 0.717) is 6.10 Å². The van der Waals surface area contributed by atoms with Crippen LogP contribution in [0.3, 0.4) is 0 Å². The van der Waals surface area contributed by atoms with Gasteiger partial charge in [-0.15, -0.1) is 0 Å². The van der Waals surface area contributed by atoms with Gasteiger partial charge in [0.05, 0.1) is 6.10 Å². The normalized spacial score (nSPS) is 21.1. The number of hydrogen-bond donors (Lipinski definition) is 1. The molecule has 1 aliphatic heterocycles. The molecule has 0 aromatic heterocycles. The van der Waals surface area contributed by atoms with Crippen LogP contribution in [0.5, 0.6) is 0 Å². The first-order valence-corrected chi connectivity index (χ1v) is 5.27. The summed E-state index contributed by atoms with van der Waals surface area (Å²) >= 11 is 0. The molecule has 1 heterocycles. The minimum absolute atomic E-state index is 0.413. The lowest BCUT2D eigenvalue weighted by Crippen LogP contribution is -2.18. The molecule has 2 rings (SSSR count). The lowest BCUT2D eigenvalue weighted by molar-refractivity contribution is 0.120. The van der Waals surface area contributed by atoms with Crippen molar-refractivity contribution in [2.45, 2.75) is 25.9 Å². The molecule has 2 heteroatoms. The Hall–Kier alpha value is -1.02. The summed E-state index contributed by atoms with van der Waals surface area (Å²) in [4.78, 5) is 0. The topological polar surface area (TPSA) is 21.3 Å². The van der Waals surface area contributed by atoms with Crippen LogP contribution >= 0.6 is 0 Å². The van der Waals surface area contributed by atoms with Crippen molar-refractivity contribution in [1.29, 1.82) is 0 Å². The van der Waals surface area contributed by atoms with E-state index in [9.17, 15) is 0 Å². The molecule has 1 fully saturated rings. The minimum Gasteiger partial charge on any atom is -0.382 e. The quantitative estimate of drug-likeness (QED) is 0.793. The van der Waals surface area contributed by atoms with Gasteiger partial charge in [0.1, 0.15) is 0 Å². The van der Waals surface area contributed by atoms with E-state index in [0.717, 1.165) is 13.2 Å². The molecule has 0 spiro atoms. The average molecular weight is 191 g/mol. The zero-order valence-electron chi connectivity index (χ0n) is 8.62. The van der Waals surface area contributed by atoms with E-state index in [1.165, 1.54) is 24.1 Å². The van der Waals surface area contributed by atoms with Crippen molar-refractivity contribution in [3.05, 3.63) is 29.8 Å². The first kappa shape index (κ1) is 9.53. The summed E-state index contributed by atoms with van der Waals surface area (Å²) < 4.78 is 5.54. The van der Waals surface area contributed by atoms with E-state index < -0.39 is 0 Å². The van der Waals surface area contributed by atoms with Crippen molar-refractivity contribution in [2.75, 3.05) is 18.5 Å². The summed E-state index contributed by atoms with van der Waals surface area (Å²) in [5, 5.41) is 3.39. The second kappa shape index (κ2) is 4.47. The molecule has 1 aromatic rings. The Kier molecular flexibility index (Phi) is 3.04. The molecule has 14 heavy (non-hydrogen) atoms. The predicted molar refractivity (Wildman–Crippen MR) is 58.6 cm³/mol. The number of nitrogens with one attached hydrogen (secondary N) is 1. The van der Waals surface area contributed by atoms with Crippen LogP contribution in [-0.2, 0) is 4.74 Å². The van der Waals surface area contributed by atoms with Gasteiger partial charge in [-0.2, -0.15) is 0 Å². The van der Waals surface area contributed by atoms with Gasteiger partial charge in [0.25, 0.3) is 0 Å². The second-order valence-electron chi connectivity index (χ2n) is 3.88. The smallest absolute Gasteiger partial charge is 0.0748 e. The summed E-state index contributed by atoms with van der Waals surface area (Å²) in [5.74, 6) is 0. The molecule has 1 saturated heterocycles. The van der Waals surface area contributed by atoms with Gasteiger partial charge < -0.3 is 10.1 Å². The van der Waals surface area contributed by atoms with Gasteiger partial charge in [-0.3, -0.25) is 0 Å². The van der Waals surface area contributed by atoms with Crippen molar-refractivity contribution in [3.8, 4) is 0 Å². The Balaban J connectivity index is 1.82. The number of anilines is 1. The molecule has 76 valence electrons. The molecule has 0 bridgehead atoms. The van der Waals surface area contributed by atoms with Gasteiger partial charge >= 0.3 is 0 Å². The largest absolute Gasteiger partial charge is 0.382 e. The van der Waals surface area contributed by atoms with Crippen molar-refractivity contribution < 1.29 is 4.74 Å². The van der Waals surface area contributed by atoms with Gasteiger partial charge in [-0.25, -0.2) is 0 Å². The van der Waals surface area contributed by atoms with E-state index in [4.69, 9.17) is 4.74 Å². The molecule has 0 radical (unpaired) electrons. The van der Waals surface area contributed by atoms with Crippen LogP contribution < -0.4 is 5.32 Å². The molecule has 1 unspecified atom stereocenters. The number of hydrogen-bond acceptors (Lipinski definition) is 2. The maximum Gasteiger partial charge on any atom is 0.0748 e. The van der Waals surface area contributed by atoms with Gasteiger partial charge in [0.15, 0.2) is 0 Å². The average Bonchev–Trinajstić information content (AvgIpc) is 2.70. The zero-order chi connectivity index (χ0) is 9.80. The van der Waals surface area contributed by atoms with Crippen LogP contribution in [0.4, 0.5) is 5.69 Å². The fraction of sp³-hybridized carbons (Fsp3) is 0.500. The van der Waals surface area contributed by atoms with E-state index in [1.807, 2.05) is 0 Å². The summed E-state index contributed by atoms with van der Waals surface area (Å²) in [6.07, 6.45) is 2.82. The highest BCUT2D eigenvalue weighted by molar-refractivity contribution is 5.44. The summed E-state index contributed by atoms with van der Waals surface area (Å²) in [7, 11) is 0. The molecule has 1 aliphatic rings. The standard InChI is InChI=1S/C12H17NO/c1-10-4-6-11(7-5-10)13-9-12-3-2-8-14-12/h4-7,12-13H,2-3,8-9H2,1H3. The summed E-state index contributed by atoms with van der Waals surface area (Å²) in [6.45, 7) is 3.97. The predicted octanol–water partition coefficient (Wildman–Crippen LogP) is 2.59. The Morgan fingerprint density at radius 3 is 2.79 bits per heavy atom. The summed E-state index contributed by atoms with van der Waals surface area (Å²) in [5.41, 5.74) is 2.48. The fourth-order valence-corrected chi connectivity index (χ4v) is 1.71. The Morgan fingerprint density at radius 1 is 1.36 bits per heavy atom. The van der Waals surface area contributed by atoms with Gasteiger partial charge in [0, 0.05) is 18.8 Å². The lowest BCUT2D eigenvalue weighted by Gasteiger charge is -2.11. The first-order valence-electron chi connectivity index (χ1n) is 5.27. The number of benzene rings is 1. The highest BCUT2D eigenvalue weighted by Crippen LogP contribution is 2.14. The Morgan fingerprint density at radius 2 is 2.14 bits per heavy atom. The van der Waals surface area contributed by atoms with E-state index in [-0.39, 0.29) is 0 Å². The monoisotopic (exact) mass is 191 g/mol. The van der Waals surface area contributed by atoms with Crippen LogP contribution in [0.1, 0.15) is 18.4 Å². The van der Waals surface area contributed by atoms with Crippen LogP contribution in [0.25, 0.3) is 0 Å². The van der Waals surface area contributed by atoms with Gasteiger partial charge in [0.2, 0.25) is 0 Å². The molecular formula is C12H17NO. The van der Waals surface area contributed by atoms with Crippen LogP contribution in [0.15, 0.2) is 24.3 Å². The number of rotatable bonds is 3. The third-order valence-electron chi connectivity index (χ3n) is 2.61. The zero-order valence-corrected chi connectivity index (χ0v) is 8.62. The summed E-state index contributed by atoms with van der Waals surface area (Å²) in [6, 6.07) is 8.48. The molecule has 1 atom stereocenters. The fourth-order valence-electron chi connectivity index (χ4n) is 1.71. The van der Waals surface area contributed by atoms with Crippen molar-refractivity contribution in [2.24, 2.45) is 0 Å². The Bertz CT molecular complexity index is 275. The SMILES string of the molecule is Cc1ccc(NCC2CCCO2)cc1. The number of aryl methyl sites for hydroxylation is 1. The van der Waals surface area contributed by atoms with Crippen molar-refractivity contribution >= 4 is 5.69 Å². The van der Waals surface area contributed by atoms with Crippen LogP contribution in [-0.4, -0.2) is 19.3 Å². The highest BCUT2D eigenvalue weighted by Gasteiger charge is 2.14. The first-order chi connectivity index (χ1) is 6.84. The molecular weight excluding hydrogens is 174 g/mol. The molecule has 1 aromatic carbocycles. The van der Waals surface area contributed by atoms with Crippen LogP contribution in [0.2, 0.25) is 0 Å². The minimum atomic E-state index is 0.413. The van der Waals surface area contributed by atoms with Crippen molar-refractivity contribution in [3.63, 3.8) is 0 Å².